The lowest BCUT2D eigenvalue weighted by molar-refractivity contribution is -0.150. The van der Waals surface area contributed by atoms with E-state index in [1.165, 1.54) is 4.90 Å². The highest BCUT2D eigenvalue weighted by molar-refractivity contribution is 6.34. The summed E-state index contributed by atoms with van der Waals surface area (Å²) in [5.41, 5.74) is 2.20. The molecule has 0 radical (unpaired) electrons. The van der Waals surface area contributed by atoms with Crippen LogP contribution >= 0.6 is 11.6 Å². The first-order valence-electron chi connectivity index (χ1n) is 16.9. The molecule has 49 heavy (non-hydrogen) atoms. The zero-order chi connectivity index (χ0) is 34.7. The molecule has 264 valence electrons. The minimum atomic E-state index is -4.23. The predicted molar refractivity (Wildman–Crippen MR) is 180 cm³/mol. The van der Waals surface area contributed by atoms with Crippen LogP contribution in [-0.4, -0.2) is 113 Å². The number of para-hydroxylation sites is 1. The number of fused-ring (bicyclic) bond motifs is 1. The van der Waals surface area contributed by atoms with Gasteiger partial charge in [0.25, 0.3) is 5.91 Å². The number of nitrogens with zero attached hydrogens (tertiary/aromatic N) is 5. The van der Waals surface area contributed by atoms with E-state index in [-0.39, 0.29) is 42.1 Å². The van der Waals surface area contributed by atoms with Gasteiger partial charge >= 0.3 is 6.18 Å². The Kier molecular flexibility index (Phi) is 10.9. The van der Waals surface area contributed by atoms with E-state index in [1.807, 2.05) is 29.2 Å². The lowest BCUT2D eigenvalue weighted by Gasteiger charge is -2.38. The molecule has 3 aliphatic rings. The van der Waals surface area contributed by atoms with Gasteiger partial charge < -0.3 is 19.7 Å². The van der Waals surface area contributed by atoms with E-state index in [9.17, 15) is 27.6 Å². The molecule has 1 aliphatic carbocycles. The number of halogens is 4. The van der Waals surface area contributed by atoms with E-state index in [4.69, 9.17) is 16.3 Å². The molecule has 3 fully saturated rings. The topological polar surface area (TPSA) is 100 Å². The van der Waals surface area contributed by atoms with Crippen LogP contribution in [0.3, 0.4) is 0 Å². The zero-order valence-corrected chi connectivity index (χ0v) is 28.3. The van der Waals surface area contributed by atoms with Crippen LogP contribution in [0.25, 0.3) is 10.9 Å². The second kappa shape index (κ2) is 15.2. The number of aromatic nitrogens is 2. The number of anilines is 1. The molecule has 2 atom stereocenters. The second-order valence-corrected chi connectivity index (χ2v) is 13.9. The monoisotopic (exact) mass is 702 g/mol. The summed E-state index contributed by atoms with van der Waals surface area (Å²) in [5, 5.41) is 8.22. The molecule has 3 heterocycles. The number of ether oxygens (including phenoxy) is 1. The highest BCUT2D eigenvalue weighted by Gasteiger charge is 2.40. The van der Waals surface area contributed by atoms with Gasteiger partial charge in [-0.15, -0.1) is 0 Å². The lowest BCUT2D eigenvalue weighted by Crippen LogP contribution is -2.52. The molecule has 0 unspecified atom stereocenters. The number of aldehydes is 1. The molecule has 1 N–H and O–H groups in total. The Labute approximate surface area is 288 Å². The van der Waals surface area contributed by atoms with Crippen LogP contribution in [0.4, 0.5) is 18.9 Å². The van der Waals surface area contributed by atoms with Crippen molar-refractivity contribution in [2.24, 2.45) is 13.0 Å². The molecule has 2 amide bonds. The van der Waals surface area contributed by atoms with E-state index >= 15 is 0 Å². The van der Waals surface area contributed by atoms with Gasteiger partial charge in [0.15, 0.2) is 5.69 Å². The summed E-state index contributed by atoms with van der Waals surface area (Å²) in [5.74, 6) is -0.414. The molecule has 6 rings (SSSR count). The molecule has 2 saturated heterocycles. The third-order valence-electron chi connectivity index (χ3n) is 10.1. The van der Waals surface area contributed by atoms with Gasteiger partial charge in [0.05, 0.1) is 47.9 Å². The van der Waals surface area contributed by atoms with Crippen molar-refractivity contribution >= 4 is 46.3 Å². The molecule has 0 spiro atoms. The second-order valence-electron chi connectivity index (χ2n) is 13.5. The van der Waals surface area contributed by atoms with Crippen LogP contribution in [0, 0.1) is 5.92 Å². The number of benzene rings is 2. The van der Waals surface area contributed by atoms with Gasteiger partial charge in [-0.3, -0.25) is 24.1 Å². The Morgan fingerprint density at radius 2 is 1.80 bits per heavy atom. The number of carbonyl (C=O) groups excluding carboxylic acids is 3. The summed E-state index contributed by atoms with van der Waals surface area (Å²) < 4.78 is 46.8. The van der Waals surface area contributed by atoms with Gasteiger partial charge in [-0.05, 0) is 55.9 Å². The number of hydrogen-bond acceptors (Lipinski definition) is 7. The number of aryl methyl sites for hydroxylation is 1. The number of hydrogen-bond donors (Lipinski definition) is 1. The van der Waals surface area contributed by atoms with Gasteiger partial charge in [-0.2, -0.15) is 18.3 Å². The maximum Gasteiger partial charge on any atom is 0.401 e. The van der Waals surface area contributed by atoms with Crippen LogP contribution < -0.4 is 5.32 Å². The number of piperazine rings is 1. The van der Waals surface area contributed by atoms with Crippen LogP contribution in [0.5, 0.6) is 0 Å². The van der Waals surface area contributed by atoms with E-state index in [1.54, 1.807) is 29.9 Å². The summed E-state index contributed by atoms with van der Waals surface area (Å²) in [6, 6.07) is 12.4. The van der Waals surface area contributed by atoms with Gasteiger partial charge in [0, 0.05) is 57.1 Å². The Morgan fingerprint density at radius 3 is 2.49 bits per heavy atom. The van der Waals surface area contributed by atoms with Crippen molar-refractivity contribution in [3.63, 3.8) is 0 Å². The molecule has 2 aromatic carbocycles. The predicted octanol–water partition coefficient (Wildman–Crippen LogP) is 4.95. The maximum absolute atomic E-state index is 13.8. The maximum atomic E-state index is 13.8. The Balaban J connectivity index is 1.10. The van der Waals surface area contributed by atoms with Crippen molar-refractivity contribution < 1.29 is 32.3 Å². The minimum absolute atomic E-state index is 0.0141. The number of nitrogens with one attached hydrogen (secondary N) is 1. The van der Waals surface area contributed by atoms with Crippen molar-refractivity contribution in [3.05, 3.63) is 58.7 Å². The highest BCUT2D eigenvalue weighted by Crippen LogP contribution is 2.30. The highest BCUT2D eigenvalue weighted by atomic mass is 35.5. The molecule has 1 saturated carbocycles. The summed E-state index contributed by atoms with van der Waals surface area (Å²) in [7, 11) is 1.77. The number of alkyl halides is 3. The molecule has 3 aromatic rings. The molecule has 10 nitrogen and oxygen atoms in total. The molecule has 2 aliphatic heterocycles. The zero-order valence-electron chi connectivity index (χ0n) is 27.5. The summed E-state index contributed by atoms with van der Waals surface area (Å²) in [4.78, 5) is 43.6. The largest absolute Gasteiger partial charge is 0.401 e. The van der Waals surface area contributed by atoms with Gasteiger partial charge in [0.2, 0.25) is 5.91 Å². The first-order chi connectivity index (χ1) is 23.5. The lowest BCUT2D eigenvalue weighted by atomic mass is 9.88. The molecular formula is C35H42ClF3N6O4. The number of likely N-dealkylation sites (tertiary alicyclic amines) is 1. The molecule has 14 heteroatoms. The Hall–Kier alpha value is -3.52. The Bertz CT molecular complexity index is 1650. The van der Waals surface area contributed by atoms with Crippen LogP contribution in [-0.2, 0) is 27.8 Å². The smallest absolute Gasteiger partial charge is 0.376 e. The van der Waals surface area contributed by atoms with E-state index in [0.29, 0.717) is 62.0 Å². The van der Waals surface area contributed by atoms with Crippen molar-refractivity contribution in [2.45, 2.75) is 62.9 Å². The average Bonchev–Trinajstić information content (AvgIpc) is 3.66. The van der Waals surface area contributed by atoms with Crippen LogP contribution in [0.15, 0.2) is 42.5 Å². The molecular weight excluding hydrogens is 661 g/mol. The molecule has 1 aromatic heterocycles. The number of carbonyl (C=O) groups is 3. The van der Waals surface area contributed by atoms with Crippen LogP contribution in [0.1, 0.15) is 48.2 Å². The van der Waals surface area contributed by atoms with Gasteiger partial charge in [0.1, 0.15) is 6.29 Å². The van der Waals surface area contributed by atoms with Crippen molar-refractivity contribution in [1.82, 2.24) is 24.5 Å². The average molecular weight is 703 g/mol. The third-order valence-corrected chi connectivity index (χ3v) is 10.4. The summed E-state index contributed by atoms with van der Waals surface area (Å²) >= 11 is 6.60. The van der Waals surface area contributed by atoms with Crippen molar-refractivity contribution in [3.8, 4) is 0 Å². The number of rotatable bonds is 10. The third kappa shape index (κ3) is 8.62. The standard InChI is InChI=1S/C35H42ClF3N6O4/c1-42-31-5-3-2-4-28(31)33(41-42)34(48)40-30-11-8-24(16-29(30)36)17-32(47)45-19-25(44-14-12-43(13-15-44)22-35(37,38)39)18-26(45)21-49-27-9-6-23(20-46)7-10-27/h2-5,8,11,16,20,23,25-27H,6-7,9-10,12-15,17-19,21-22H2,1H3,(H,40,48)/t23-,25-,26-,27-/m0/s1. The van der Waals surface area contributed by atoms with Gasteiger partial charge in [-0.25, -0.2) is 0 Å². The normalized spacial score (nSPS) is 24.0. The van der Waals surface area contributed by atoms with Crippen molar-refractivity contribution in [2.75, 3.05) is 51.2 Å². The minimum Gasteiger partial charge on any atom is -0.376 e. The van der Waals surface area contributed by atoms with E-state index in [0.717, 1.165) is 42.9 Å². The van der Waals surface area contributed by atoms with E-state index in [2.05, 4.69) is 15.3 Å². The van der Waals surface area contributed by atoms with Gasteiger partial charge in [-0.1, -0.05) is 35.9 Å². The fraction of sp³-hybridized carbons (Fsp3) is 0.543. The summed E-state index contributed by atoms with van der Waals surface area (Å²) in [6.07, 6.45) is 0.759. The van der Waals surface area contributed by atoms with Crippen LogP contribution in [0.2, 0.25) is 5.02 Å². The fourth-order valence-corrected chi connectivity index (χ4v) is 7.66. The summed E-state index contributed by atoms with van der Waals surface area (Å²) in [6.45, 7) is 1.56. The Morgan fingerprint density at radius 1 is 1.06 bits per heavy atom. The van der Waals surface area contributed by atoms with Crippen molar-refractivity contribution in [1.29, 1.82) is 0 Å². The SMILES string of the molecule is Cn1nc(C(=O)Nc2ccc(CC(=O)N3C[C@@H](N4CCN(CC(F)(F)F)CC4)C[C@H]3CO[C@H]3CC[C@H](C=O)CC3)cc2Cl)c2ccccc21. The quantitative estimate of drug-likeness (QED) is 0.299. The molecule has 0 bridgehead atoms. The fourth-order valence-electron chi connectivity index (χ4n) is 7.41. The number of amides is 2. The van der Waals surface area contributed by atoms with E-state index < -0.39 is 18.6 Å². The first kappa shape index (κ1) is 35.3. The first-order valence-corrected chi connectivity index (χ1v) is 17.3.